The Balaban J connectivity index is 2.43. The van der Waals surface area contributed by atoms with Crippen LogP contribution in [0.1, 0.15) is 17.2 Å². The predicted molar refractivity (Wildman–Crippen MR) is 82.0 cm³/mol. The standard InChI is InChI=1S/C17H17F2NO3/c1-22-12-9-7-11(8-10-12)15(20-17(21)16(18)19)13-5-3-4-6-14(13)23-2/h3-10,15-16H,1-2H3,(H,20,21)/t15-/m1/s1. The number of hydrogen-bond acceptors (Lipinski definition) is 3. The topological polar surface area (TPSA) is 47.6 Å². The molecule has 1 N–H and O–H groups in total. The summed E-state index contributed by atoms with van der Waals surface area (Å²) < 4.78 is 35.7. The lowest BCUT2D eigenvalue weighted by Gasteiger charge is -2.22. The van der Waals surface area contributed by atoms with Gasteiger partial charge >= 0.3 is 6.43 Å². The molecule has 2 rings (SSSR count). The maximum atomic E-state index is 12.7. The van der Waals surface area contributed by atoms with Gasteiger partial charge in [-0.2, -0.15) is 8.78 Å². The molecule has 0 aliphatic carbocycles. The van der Waals surface area contributed by atoms with Gasteiger partial charge in [0.25, 0.3) is 5.91 Å². The Hall–Kier alpha value is -2.63. The number of carbonyl (C=O) groups is 1. The van der Waals surface area contributed by atoms with Crippen LogP contribution in [0.15, 0.2) is 48.5 Å². The summed E-state index contributed by atoms with van der Waals surface area (Å²) >= 11 is 0. The maximum Gasteiger partial charge on any atom is 0.315 e. The molecule has 0 saturated carbocycles. The van der Waals surface area contributed by atoms with Gasteiger partial charge in [0.2, 0.25) is 0 Å². The molecule has 4 nitrogen and oxygen atoms in total. The lowest BCUT2D eigenvalue weighted by atomic mass is 9.97. The Morgan fingerprint density at radius 3 is 2.22 bits per heavy atom. The van der Waals surface area contributed by atoms with Crippen LogP contribution in [-0.2, 0) is 4.79 Å². The van der Waals surface area contributed by atoms with Crippen LogP contribution >= 0.6 is 0 Å². The molecule has 0 aliphatic heterocycles. The number of rotatable bonds is 6. The van der Waals surface area contributed by atoms with E-state index in [0.717, 1.165) is 0 Å². The summed E-state index contributed by atoms with van der Waals surface area (Å²) in [6.07, 6.45) is -3.09. The molecule has 122 valence electrons. The molecule has 6 heteroatoms. The van der Waals surface area contributed by atoms with Crippen molar-refractivity contribution in [1.29, 1.82) is 0 Å². The normalized spacial score (nSPS) is 11.9. The quantitative estimate of drug-likeness (QED) is 0.889. The molecule has 0 unspecified atom stereocenters. The third-order valence-corrected chi connectivity index (χ3v) is 3.38. The van der Waals surface area contributed by atoms with Crippen molar-refractivity contribution in [3.63, 3.8) is 0 Å². The van der Waals surface area contributed by atoms with E-state index in [2.05, 4.69) is 5.32 Å². The van der Waals surface area contributed by atoms with Crippen LogP contribution in [0.25, 0.3) is 0 Å². The largest absolute Gasteiger partial charge is 0.497 e. The van der Waals surface area contributed by atoms with Crippen molar-refractivity contribution >= 4 is 5.91 Å². The molecule has 23 heavy (non-hydrogen) atoms. The highest BCUT2D eigenvalue weighted by Gasteiger charge is 2.24. The minimum absolute atomic E-state index is 0.503. The van der Waals surface area contributed by atoms with E-state index in [-0.39, 0.29) is 0 Å². The Kier molecular flexibility index (Phi) is 5.51. The fourth-order valence-corrected chi connectivity index (χ4v) is 2.25. The minimum Gasteiger partial charge on any atom is -0.497 e. The Labute approximate surface area is 133 Å². The smallest absolute Gasteiger partial charge is 0.315 e. The van der Waals surface area contributed by atoms with E-state index in [1.54, 1.807) is 48.5 Å². The highest BCUT2D eigenvalue weighted by Crippen LogP contribution is 2.31. The van der Waals surface area contributed by atoms with Crippen molar-refractivity contribution in [2.24, 2.45) is 0 Å². The number of nitrogens with one attached hydrogen (secondary N) is 1. The van der Waals surface area contributed by atoms with Crippen LogP contribution in [0, 0.1) is 0 Å². The Morgan fingerprint density at radius 1 is 1.00 bits per heavy atom. The molecule has 0 saturated heterocycles. The Morgan fingerprint density at radius 2 is 1.65 bits per heavy atom. The summed E-state index contributed by atoms with van der Waals surface area (Å²) in [5.74, 6) is -0.202. The molecule has 0 bridgehead atoms. The van der Waals surface area contributed by atoms with E-state index in [4.69, 9.17) is 9.47 Å². The van der Waals surface area contributed by atoms with Crippen LogP contribution in [-0.4, -0.2) is 26.6 Å². The number of amides is 1. The first-order valence-corrected chi connectivity index (χ1v) is 6.92. The van der Waals surface area contributed by atoms with Gasteiger partial charge in [0.05, 0.1) is 20.3 Å². The molecular formula is C17H17F2NO3. The number of para-hydroxylation sites is 1. The summed E-state index contributed by atoms with van der Waals surface area (Å²) in [5, 5.41) is 2.35. The van der Waals surface area contributed by atoms with Gasteiger partial charge in [0.15, 0.2) is 0 Å². The van der Waals surface area contributed by atoms with Crippen LogP contribution in [0.3, 0.4) is 0 Å². The van der Waals surface area contributed by atoms with E-state index in [0.29, 0.717) is 22.6 Å². The van der Waals surface area contributed by atoms with E-state index >= 15 is 0 Å². The van der Waals surface area contributed by atoms with Gasteiger partial charge in [-0.1, -0.05) is 30.3 Å². The molecule has 0 radical (unpaired) electrons. The van der Waals surface area contributed by atoms with Gasteiger partial charge in [-0.15, -0.1) is 0 Å². The monoisotopic (exact) mass is 321 g/mol. The highest BCUT2D eigenvalue weighted by atomic mass is 19.3. The van der Waals surface area contributed by atoms with Crippen LogP contribution in [0.2, 0.25) is 0 Å². The van der Waals surface area contributed by atoms with Crippen molar-refractivity contribution in [3.05, 3.63) is 59.7 Å². The molecule has 1 atom stereocenters. The van der Waals surface area contributed by atoms with E-state index < -0.39 is 18.4 Å². The fraction of sp³-hybridized carbons (Fsp3) is 0.235. The van der Waals surface area contributed by atoms with Crippen LogP contribution in [0.5, 0.6) is 11.5 Å². The second-order valence-corrected chi connectivity index (χ2v) is 4.76. The maximum absolute atomic E-state index is 12.7. The van der Waals surface area contributed by atoms with Crippen molar-refractivity contribution in [3.8, 4) is 11.5 Å². The first kappa shape index (κ1) is 16.7. The second-order valence-electron chi connectivity index (χ2n) is 4.76. The number of methoxy groups -OCH3 is 2. The summed E-state index contributed by atoms with van der Waals surface area (Å²) in [6.45, 7) is 0. The van der Waals surface area contributed by atoms with Crippen LogP contribution in [0.4, 0.5) is 8.78 Å². The van der Waals surface area contributed by atoms with E-state index in [9.17, 15) is 13.6 Å². The van der Waals surface area contributed by atoms with Crippen molar-refractivity contribution in [1.82, 2.24) is 5.32 Å². The molecule has 0 aliphatic rings. The third kappa shape index (κ3) is 3.97. The minimum atomic E-state index is -3.09. The third-order valence-electron chi connectivity index (χ3n) is 3.38. The number of carbonyl (C=O) groups excluding carboxylic acids is 1. The van der Waals surface area contributed by atoms with Gasteiger partial charge in [0, 0.05) is 5.56 Å². The number of hydrogen-bond donors (Lipinski definition) is 1. The average Bonchev–Trinajstić information content (AvgIpc) is 2.59. The number of alkyl halides is 2. The number of halogens is 2. The zero-order chi connectivity index (χ0) is 16.8. The number of benzene rings is 2. The van der Waals surface area contributed by atoms with E-state index in [1.807, 2.05) is 0 Å². The molecule has 1 amide bonds. The first-order valence-electron chi connectivity index (χ1n) is 6.92. The summed E-state index contributed by atoms with van der Waals surface area (Å²) in [5.41, 5.74) is 1.23. The molecule has 0 aromatic heterocycles. The zero-order valence-corrected chi connectivity index (χ0v) is 12.8. The van der Waals surface area contributed by atoms with Gasteiger partial charge in [-0.25, -0.2) is 0 Å². The van der Waals surface area contributed by atoms with Crippen molar-refractivity contribution < 1.29 is 23.0 Å². The predicted octanol–water partition coefficient (Wildman–Crippen LogP) is 3.17. The van der Waals surface area contributed by atoms with Gasteiger partial charge in [-0.3, -0.25) is 4.79 Å². The van der Waals surface area contributed by atoms with Crippen molar-refractivity contribution in [2.75, 3.05) is 14.2 Å². The van der Waals surface area contributed by atoms with Gasteiger partial charge in [-0.05, 0) is 23.8 Å². The highest BCUT2D eigenvalue weighted by molar-refractivity contribution is 5.80. The molecule has 2 aromatic rings. The lowest BCUT2D eigenvalue weighted by molar-refractivity contribution is -0.132. The van der Waals surface area contributed by atoms with E-state index in [1.165, 1.54) is 14.2 Å². The zero-order valence-electron chi connectivity index (χ0n) is 12.8. The molecule has 0 fully saturated rings. The summed E-state index contributed by atoms with van der Waals surface area (Å²) in [4.78, 5) is 11.5. The average molecular weight is 321 g/mol. The van der Waals surface area contributed by atoms with Crippen molar-refractivity contribution in [2.45, 2.75) is 12.5 Å². The number of ether oxygens (including phenoxy) is 2. The fourth-order valence-electron chi connectivity index (χ4n) is 2.25. The lowest BCUT2D eigenvalue weighted by Crippen LogP contribution is -2.34. The summed E-state index contributed by atoms with van der Waals surface area (Å²) in [7, 11) is 3.02. The Bertz CT molecular complexity index is 659. The van der Waals surface area contributed by atoms with Gasteiger partial charge in [0.1, 0.15) is 11.5 Å². The SMILES string of the molecule is COc1ccc([C@@H](NC(=O)C(F)F)c2ccccc2OC)cc1. The second kappa shape index (κ2) is 7.58. The first-order chi connectivity index (χ1) is 11.1. The molecule has 0 spiro atoms. The molecular weight excluding hydrogens is 304 g/mol. The molecule has 0 heterocycles. The van der Waals surface area contributed by atoms with Crippen LogP contribution < -0.4 is 14.8 Å². The summed E-state index contributed by atoms with van der Waals surface area (Å²) in [6, 6.07) is 13.0. The molecule has 2 aromatic carbocycles. The van der Waals surface area contributed by atoms with Gasteiger partial charge < -0.3 is 14.8 Å².